The highest BCUT2D eigenvalue weighted by Gasteiger charge is 2.26. The molecule has 0 aliphatic heterocycles. The Balaban J connectivity index is 0.00000265. The van der Waals surface area contributed by atoms with Crippen LogP contribution in [0.15, 0.2) is 36.5 Å². The molecule has 0 saturated heterocycles. The molecule has 2 aromatic rings. The Morgan fingerprint density at radius 3 is 2.58 bits per heavy atom. The lowest BCUT2D eigenvalue weighted by Crippen LogP contribution is -2.40. The van der Waals surface area contributed by atoms with Gasteiger partial charge in [-0.1, -0.05) is 20.3 Å². The van der Waals surface area contributed by atoms with Gasteiger partial charge in [0.1, 0.15) is 17.0 Å². The fraction of sp³-hybridized carbons (Fsp3) is 0.522. The van der Waals surface area contributed by atoms with E-state index in [-0.39, 0.29) is 5.92 Å². The lowest BCUT2D eigenvalue weighted by Gasteiger charge is -2.27. The first-order valence-electron chi connectivity index (χ1n) is 11.1. The number of thioether (sulfide) groups is 1. The van der Waals surface area contributed by atoms with E-state index in [4.69, 9.17) is 0 Å². The number of aromatic nitrogens is 3. The van der Waals surface area contributed by atoms with Crippen LogP contribution in [0.2, 0.25) is 0 Å². The van der Waals surface area contributed by atoms with Gasteiger partial charge in [0.05, 0.1) is 11.3 Å². The highest BCUT2D eigenvalue weighted by molar-refractivity contribution is 8.14. The molecular formula is C23H39N6O2PS. The number of aliphatic imine (C=N–C) groups is 1. The first-order chi connectivity index (χ1) is 15.9. The lowest BCUT2D eigenvalue weighted by atomic mass is 10.0. The summed E-state index contributed by atoms with van der Waals surface area (Å²) in [7, 11) is 4.36. The molecule has 2 heterocycles. The van der Waals surface area contributed by atoms with Gasteiger partial charge >= 0.3 is 0 Å². The van der Waals surface area contributed by atoms with E-state index in [2.05, 4.69) is 59.9 Å². The molecule has 8 nitrogen and oxygen atoms in total. The Hall–Kier alpha value is -1.93. The number of aryl methyl sites for hydroxylation is 1. The molecule has 10 heteroatoms. The fourth-order valence-corrected chi connectivity index (χ4v) is 4.66. The maximum atomic E-state index is 10.7. The van der Waals surface area contributed by atoms with Crippen LogP contribution < -0.4 is 10.6 Å². The Labute approximate surface area is 204 Å². The van der Waals surface area contributed by atoms with E-state index < -0.39 is 12.3 Å². The second-order valence-electron chi connectivity index (χ2n) is 7.17. The summed E-state index contributed by atoms with van der Waals surface area (Å²) in [6.07, 6.45) is 2.09. The molecule has 0 aromatic carbocycles. The molecule has 2 aromatic heterocycles. The van der Waals surface area contributed by atoms with Crippen molar-refractivity contribution in [3.8, 4) is 0 Å². The van der Waals surface area contributed by atoms with E-state index in [0.29, 0.717) is 24.5 Å². The Bertz CT molecular complexity index is 846. The molecule has 184 valence electrons. The summed E-state index contributed by atoms with van der Waals surface area (Å²) in [6.45, 7) is 12.6. The number of aliphatic hydroxyl groups is 2. The minimum Gasteiger partial charge on any atom is -0.388 e. The molecule has 5 N–H and O–H groups in total. The van der Waals surface area contributed by atoms with Crippen molar-refractivity contribution in [3.63, 3.8) is 0 Å². The maximum absolute atomic E-state index is 10.7. The van der Waals surface area contributed by atoms with E-state index in [1.165, 1.54) is 0 Å². The molecule has 0 amide bonds. The van der Waals surface area contributed by atoms with Crippen LogP contribution in [0.1, 0.15) is 37.2 Å². The van der Waals surface area contributed by atoms with Crippen LogP contribution in [0.4, 0.5) is 11.8 Å². The molecule has 0 aliphatic rings. The molecule has 0 spiro atoms. The molecule has 33 heavy (non-hydrogen) atoms. The van der Waals surface area contributed by atoms with Gasteiger partial charge in [-0.3, -0.25) is 4.99 Å². The molecule has 2 rings (SSSR count). The third kappa shape index (κ3) is 8.74. The quantitative estimate of drug-likeness (QED) is 0.100. The van der Waals surface area contributed by atoms with Crippen molar-refractivity contribution in [2.24, 2.45) is 10.9 Å². The van der Waals surface area contributed by atoms with Gasteiger partial charge in [-0.05, 0) is 36.9 Å². The molecule has 0 aliphatic carbocycles. The van der Waals surface area contributed by atoms with Crippen molar-refractivity contribution in [1.29, 1.82) is 0 Å². The first kappa shape index (κ1) is 29.1. The molecular weight excluding hydrogens is 455 g/mol. The predicted octanol–water partition coefficient (Wildman–Crippen LogP) is 3.69. The molecule has 0 saturated carbocycles. The number of aromatic amines is 1. The number of hydrogen-bond acceptors (Lipinski definition) is 8. The minimum atomic E-state index is -1.16. The third-order valence-electron chi connectivity index (χ3n) is 5.05. The average Bonchev–Trinajstić information content (AvgIpc) is 3.33. The van der Waals surface area contributed by atoms with E-state index in [1.807, 2.05) is 32.2 Å². The highest BCUT2D eigenvalue weighted by atomic mass is 32.2. The number of nitrogens with zero attached hydrogens (tertiary/aromatic N) is 3. The van der Waals surface area contributed by atoms with Crippen molar-refractivity contribution >= 4 is 37.8 Å². The van der Waals surface area contributed by atoms with Gasteiger partial charge in [-0.15, -0.1) is 34.2 Å². The van der Waals surface area contributed by atoms with E-state index in [1.54, 1.807) is 18.8 Å². The van der Waals surface area contributed by atoms with Crippen LogP contribution in [-0.4, -0.2) is 68.0 Å². The largest absolute Gasteiger partial charge is 0.388 e. The second kappa shape index (κ2) is 15.8. The number of aliphatic hydroxyl groups excluding tert-OH is 2. The van der Waals surface area contributed by atoms with Crippen LogP contribution in [0.5, 0.6) is 0 Å². The molecule has 4 atom stereocenters. The van der Waals surface area contributed by atoms with E-state index >= 15 is 0 Å². The van der Waals surface area contributed by atoms with Gasteiger partial charge in [-0.25, -0.2) is 4.98 Å². The predicted molar refractivity (Wildman–Crippen MR) is 146 cm³/mol. The first-order valence-corrected chi connectivity index (χ1v) is 12.9. The number of rotatable bonds is 12. The van der Waals surface area contributed by atoms with Gasteiger partial charge in [-0.2, -0.15) is 4.98 Å². The summed E-state index contributed by atoms with van der Waals surface area (Å²) in [6, 6.07) is 4.00. The maximum Gasteiger partial charge on any atom is 0.224 e. The third-order valence-corrected chi connectivity index (χ3v) is 6.60. The van der Waals surface area contributed by atoms with E-state index in [9.17, 15) is 10.2 Å². The zero-order chi connectivity index (χ0) is 24.8. The topological polar surface area (TPSA) is 118 Å². The van der Waals surface area contributed by atoms with Crippen molar-refractivity contribution in [3.05, 3.63) is 48.4 Å². The summed E-state index contributed by atoms with van der Waals surface area (Å²) in [5.74, 6) is 1.73. The zero-order valence-electron chi connectivity index (χ0n) is 20.1. The summed E-state index contributed by atoms with van der Waals surface area (Å²) in [5.41, 5.74) is 2.62. The fourth-order valence-electron chi connectivity index (χ4n) is 3.26. The normalized spacial score (nSPS) is 14.1. The van der Waals surface area contributed by atoms with Gasteiger partial charge in [0.2, 0.25) is 5.95 Å². The van der Waals surface area contributed by atoms with Crippen LogP contribution in [0.3, 0.4) is 0 Å². The smallest absolute Gasteiger partial charge is 0.224 e. The standard InChI is InChI=1S/C21H35N6O2PS.C2H4/c1-5-14(12-30)17(28)19(29)26-18-16(20(22-4)31-6-2)13(3)25-21(27-18)24-11-9-15-8-7-10-23-15;1-2/h7-8,10,14,17,19,23,28-29H,5-6,9,11-12,30H2,1-4H3,(H2,24,25,26,27);1-2H2/t14?,17-,19-;/m1./s1. The van der Waals surface area contributed by atoms with Gasteiger partial charge < -0.3 is 25.8 Å². The van der Waals surface area contributed by atoms with Crippen LogP contribution in [0, 0.1) is 12.8 Å². The van der Waals surface area contributed by atoms with Crippen LogP contribution in [-0.2, 0) is 6.42 Å². The van der Waals surface area contributed by atoms with Crippen LogP contribution >= 0.6 is 21.0 Å². The van der Waals surface area contributed by atoms with Gasteiger partial charge in [0.25, 0.3) is 0 Å². The zero-order valence-corrected chi connectivity index (χ0v) is 22.1. The van der Waals surface area contributed by atoms with Crippen molar-refractivity contribution in [1.82, 2.24) is 15.0 Å². The molecule has 0 bridgehead atoms. The van der Waals surface area contributed by atoms with Gasteiger partial charge in [0.15, 0.2) is 6.23 Å². The molecule has 2 unspecified atom stereocenters. The van der Waals surface area contributed by atoms with Crippen LogP contribution in [0.25, 0.3) is 0 Å². The Kier molecular flexibility index (Phi) is 14.0. The summed E-state index contributed by atoms with van der Waals surface area (Å²) >= 11 is 1.59. The summed E-state index contributed by atoms with van der Waals surface area (Å²) in [4.78, 5) is 16.8. The minimum absolute atomic E-state index is 0.0402. The van der Waals surface area contributed by atoms with Crippen molar-refractivity contribution < 1.29 is 10.2 Å². The second-order valence-corrected chi connectivity index (χ2v) is 8.90. The Morgan fingerprint density at radius 1 is 1.30 bits per heavy atom. The van der Waals surface area contributed by atoms with E-state index in [0.717, 1.165) is 40.6 Å². The number of nitrogens with one attached hydrogen (secondary N) is 3. The number of hydrogen-bond donors (Lipinski definition) is 5. The summed E-state index contributed by atoms with van der Waals surface area (Å²) in [5, 5.41) is 28.4. The van der Waals surface area contributed by atoms with Gasteiger partial charge in [0, 0.05) is 31.9 Å². The van der Waals surface area contributed by atoms with Crippen molar-refractivity contribution in [2.45, 2.75) is 45.9 Å². The molecule has 0 fully saturated rings. The molecule has 0 radical (unpaired) electrons. The highest BCUT2D eigenvalue weighted by Crippen LogP contribution is 2.26. The summed E-state index contributed by atoms with van der Waals surface area (Å²) < 4.78 is 0. The average molecular weight is 495 g/mol. The SMILES string of the molecule is C=C.CCSC(=NC)c1c(C)nc(NCCc2ccc[nH]2)nc1N[C@H](O)[C@H](O)C(CC)CP. The monoisotopic (exact) mass is 494 g/mol. The Morgan fingerprint density at radius 2 is 2.03 bits per heavy atom. The lowest BCUT2D eigenvalue weighted by molar-refractivity contribution is 0.00299. The number of H-pyrrole nitrogens is 1. The van der Waals surface area contributed by atoms with Crippen molar-refractivity contribution in [2.75, 3.05) is 36.1 Å². The number of anilines is 2.